The zero-order valence-electron chi connectivity index (χ0n) is 12.3. The highest BCUT2D eigenvalue weighted by molar-refractivity contribution is 5.89. The van der Waals surface area contributed by atoms with Crippen molar-refractivity contribution >= 4 is 11.7 Å². The molecule has 0 saturated carbocycles. The van der Waals surface area contributed by atoms with Crippen LogP contribution in [0, 0.1) is 17.2 Å². The minimum absolute atomic E-state index is 0.0938. The predicted octanol–water partition coefficient (Wildman–Crippen LogP) is 2.18. The summed E-state index contributed by atoms with van der Waals surface area (Å²) in [6.07, 6.45) is 1.69. The third-order valence-electron chi connectivity index (χ3n) is 4.12. The number of nitriles is 1. The second-order valence-corrected chi connectivity index (χ2v) is 5.55. The highest BCUT2D eigenvalue weighted by atomic mass is 16.7. The van der Waals surface area contributed by atoms with E-state index in [0.717, 1.165) is 12.8 Å². The van der Waals surface area contributed by atoms with Crippen LogP contribution in [-0.2, 0) is 9.47 Å². The molecule has 2 fully saturated rings. The van der Waals surface area contributed by atoms with Crippen LogP contribution in [0.2, 0.25) is 0 Å². The first-order valence-electron chi connectivity index (χ1n) is 7.55. The number of likely N-dealkylation sites (tertiary alicyclic amines) is 1. The van der Waals surface area contributed by atoms with Gasteiger partial charge < -0.3 is 19.7 Å². The van der Waals surface area contributed by atoms with Crippen molar-refractivity contribution < 1.29 is 14.3 Å². The third kappa shape index (κ3) is 3.38. The monoisotopic (exact) mass is 301 g/mol. The van der Waals surface area contributed by atoms with E-state index in [0.29, 0.717) is 43.5 Å². The number of nitrogens with zero attached hydrogens (tertiary/aromatic N) is 2. The smallest absolute Gasteiger partial charge is 0.321 e. The van der Waals surface area contributed by atoms with Crippen molar-refractivity contribution in [2.75, 3.05) is 31.6 Å². The maximum Gasteiger partial charge on any atom is 0.321 e. The predicted molar refractivity (Wildman–Crippen MR) is 80.2 cm³/mol. The molecule has 2 heterocycles. The number of ether oxygens (including phenoxy) is 2. The summed E-state index contributed by atoms with van der Waals surface area (Å²) in [4.78, 5) is 14.0. The van der Waals surface area contributed by atoms with Gasteiger partial charge in [-0.3, -0.25) is 0 Å². The average molecular weight is 301 g/mol. The van der Waals surface area contributed by atoms with Gasteiger partial charge in [0.2, 0.25) is 0 Å². The standard InChI is InChI=1S/C16H19N3O3/c17-11-12-1-3-14(4-2-12)18-16(20)19-7-5-13(6-8-19)15-21-9-10-22-15/h1-4,13,15H,5-10H2,(H,18,20). The van der Waals surface area contributed by atoms with E-state index in [2.05, 4.69) is 11.4 Å². The van der Waals surface area contributed by atoms with E-state index in [4.69, 9.17) is 14.7 Å². The second kappa shape index (κ2) is 6.77. The van der Waals surface area contributed by atoms with Crippen LogP contribution in [0.1, 0.15) is 18.4 Å². The van der Waals surface area contributed by atoms with E-state index in [1.54, 1.807) is 24.3 Å². The lowest BCUT2D eigenvalue weighted by Crippen LogP contribution is -2.43. The summed E-state index contributed by atoms with van der Waals surface area (Å²) in [6.45, 7) is 2.75. The zero-order chi connectivity index (χ0) is 15.4. The van der Waals surface area contributed by atoms with Crippen LogP contribution in [0.3, 0.4) is 0 Å². The minimum atomic E-state index is -0.101. The summed E-state index contributed by atoms with van der Waals surface area (Å²) >= 11 is 0. The number of hydrogen-bond acceptors (Lipinski definition) is 4. The summed E-state index contributed by atoms with van der Waals surface area (Å²) in [5, 5.41) is 11.6. The molecule has 2 aliphatic heterocycles. The lowest BCUT2D eigenvalue weighted by molar-refractivity contribution is -0.0950. The summed E-state index contributed by atoms with van der Waals surface area (Å²) in [7, 11) is 0. The molecule has 0 aromatic heterocycles. The number of benzene rings is 1. The fourth-order valence-corrected chi connectivity index (χ4v) is 2.85. The number of amides is 2. The van der Waals surface area contributed by atoms with Crippen LogP contribution >= 0.6 is 0 Å². The van der Waals surface area contributed by atoms with Crippen molar-refractivity contribution in [1.29, 1.82) is 5.26 Å². The van der Waals surface area contributed by atoms with Crippen molar-refractivity contribution in [3.05, 3.63) is 29.8 Å². The second-order valence-electron chi connectivity index (χ2n) is 5.55. The lowest BCUT2D eigenvalue weighted by atomic mass is 9.96. The Labute approximate surface area is 129 Å². The first-order valence-corrected chi connectivity index (χ1v) is 7.55. The minimum Gasteiger partial charge on any atom is -0.350 e. The molecule has 2 aliphatic rings. The molecule has 1 aromatic carbocycles. The fraction of sp³-hybridized carbons (Fsp3) is 0.500. The first kappa shape index (κ1) is 14.8. The van der Waals surface area contributed by atoms with E-state index in [-0.39, 0.29) is 12.3 Å². The molecule has 0 aliphatic carbocycles. The molecule has 1 aromatic rings. The molecule has 2 saturated heterocycles. The lowest BCUT2D eigenvalue weighted by Gasteiger charge is -2.33. The Balaban J connectivity index is 1.50. The molecule has 0 spiro atoms. The van der Waals surface area contributed by atoms with Gasteiger partial charge in [-0.1, -0.05) is 0 Å². The average Bonchev–Trinajstić information content (AvgIpc) is 3.10. The summed E-state index contributed by atoms with van der Waals surface area (Å²) < 4.78 is 11.1. The summed E-state index contributed by atoms with van der Waals surface area (Å²) in [6, 6.07) is 8.82. The topological polar surface area (TPSA) is 74.6 Å². The van der Waals surface area contributed by atoms with Crippen LogP contribution < -0.4 is 5.32 Å². The maximum absolute atomic E-state index is 12.2. The van der Waals surface area contributed by atoms with Gasteiger partial charge in [-0.15, -0.1) is 0 Å². The van der Waals surface area contributed by atoms with Gasteiger partial charge in [0.1, 0.15) is 0 Å². The number of carbonyl (C=O) groups is 1. The number of urea groups is 1. The van der Waals surface area contributed by atoms with Crippen molar-refractivity contribution in [2.24, 2.45) is 5.92 Å². The zero-order valence-corrected chi connectivity index (χ0v) is 12.3. The maximum atomic E-state index is 12.2. The largest absolute Gasteiger partial charge is 0.350 e. The molecule has 6 nitrogen and oxygen atoms in total. The van der Waals surface area contributed by atoms with Gasteiger partial charge >= 0.3 is 6.03 Å². The van der Waals surface area contributed by atoms with E-state index in [1.165, 1.54) is 0 Å². The van der Waals surface area contributed by atoms with Crippen molar-refractivity contribution in [3.8, 4) is 6.07 Å². The highest BCUT2D eigenvalue weighted by Crippen LogP contribution is 2.26. The quantitative estimate of drug-likeness (QED) is 0.908. The number of nitrogens with one attached hydrogen (secondary N) is 1. The van der Waals surface area contributed by atoms with E-state index < -0.39 is 0 Å². The number of carbonyl (C=O) groups excluding carboxylic acids is 1. The third-order valence-corrected chi connectivity index (χ3v) is 4.12. The van der Waals surface area contributed by atoms with Gasteiger partial charge in [-0.05, 0) is 37.1 Å². The van der Waals surface area contributed by atoms with Crippen LogP contribution in [0.15, 0.2) is 24.3 Å². The van der Waals surface area contributed by atoms with Crippen molar-refractivity contribution in [1.82, 2.24) is 4.90 Å². The first-order chi connectivity index (χ1) is 10.8. The summed E-state index contributed by atoms with van der Waals surface area (Å²) in [5.41, 5.74) is 1.28. The molecule has 0 unspecified atom stereocenters. The van der Waals surface area contributed by atoms with E-state index in [9.17, 15) is 4.79 Å². The Bertz CT molecular complexity index is 553. The van der Waals surface area contributed by atoms with Gasteiger partial charge in [0.15, 0.2) is 6.29 Å². The summed E-state index contributed by atoms with van der Waals surface area (Å²) in [5.74, 6) is 0.376. The molecule has 22 heavy (non-hydrogen) atoms. The van der Waals surface area contributed by atoms with Crippen LogP contribution in [0.4, 0.5) is 10.5 Å². The number of piperidine rings is 1. The number of anilines is 1. The van der Waals surface area contributed by atoms with E-state index >= 15 is 0 Å². The SMILES string of the molecule is N#Cc1ccc(NC(=O)N2CCC(C3OCCO3)CC2)cc1. The van der Waals surface area contributed by atoms with Gasteiger partial charge in [0.05, 0.1) is 24.8 Å². The number of hydrogen-bond donors (Lipinski definition) is 1. The normalized spacial score (nSPS) is 19.9. The molecule has 0 atom stereocenters. The molecule has 116 valence electrons. The van der Waals surface area contributed by atoms with E-state index in [1.807, 2.05) is 4.90 Å². The van der Waals surface area contributed by atoms with Gasteiger partial charge in [0.25, 0.3) is 0 Å². The molecule has 6 heteroatoms. The van der Waals surface area contributed by atoms with Crippen molar-refractivity contribution in [2.45, 2.75) is 19.1 Å². The van der Waals surface area contributed by atoms with Gasteiger partial charge in [-0.2, -0.15) is 5.26 Å². The fourth-order valence-electron chi connectivity index (χ4n) is 2.85. The molecular weight excluding hydrogens is 282 g/mol. The van der Waals surface area contributed by atoms with Gasteiger partial charge in [-0.25, -0.2) is 4.79 Å². The van der Waals surface area contributed by atoms with Crippen molar-refractivity contribution in [3.63, 3.8) is 0 Å². The Morgan fingerprint density at radius 2 is 1.82 bits per heavy atom. The molecule has 0 radical (unpaired) electrons. The molecule has 3 rings (SSSR count). The molecule has 0 bridgehead atoms. The molecule has 2 amide bonds. The highest BCUT2D eigenvalue weighted by Gasteiger charge is 2.31. The molecule has 1 N–H and O–H groups in total. The van der Waals surface area contributed by atoms with Gasteiger partial charge in [0, 0.05) is 24.7 Å². The molecular formula is C16H19N3O3. The van der Waals surface area contributed by atoms with Crippen LogP contribution in [0.5, 0.6) is 0 Å². The van der Waals surface area contributed by atoms with Crippen LogP contribution in [0.25, 0.3) is 0 Å². The Hall–Kier alpha value is -2.10. The number of rotatable bonds is 2. The Morgan fingerprint density at radius 1 is 1.18 bits per heavy atom. The van der Waals surface area contributed by atoms with Crippen LogP contribution in [-0.4, -0.2) is 43.5 Å². The Morgan fingerprint density at radius 3 is 2.41 bits per heavy atom. The Kier molecular flexibility index (Phi) is 4.56.